The molecule has 2 aromatic carbocycles. The van der Waals surface area contributed by atoms with Gasteiger partial charge in [-0.3, -0.25) is 0 Å². The van der Waals surface area contributed by atoms with Crippen LogP contribution in [0.15, 0.2) is 104 Å². The molecule has 1 nitrogen and oxygen atoms in total. The Morgan fingerprint density at radius 3 is 2.10 bits per heavy atom. The topological polar surface area (TPSA) is 3.24 Å². The van der Waals surface area contributed by atoms with Gasteiger partial charge < -0.3 is 4.90 Å². The molecule has 0 aromatic heterocycles. The normalized spacial score (nSPS) is 22.0. The van der Waals surface area contributed by atoms with Crippen LogP contribution < -0.4 is 0 Å². The molecule has 0 saturated carbocycles. The van der Waals surface area contributed by atoms with Gasteiger partial charge in [-0.05, 0) is 83.4 Å². The second-order valence-corrected chi connectivity index (χ2v) is 10.1. The first kappa shape index (κ1) is 19.1. The number of rotatable bonds is 2. The van der Waals surface area contributed by atoms with Gasteiger partial charge >= 0.3 is 0 Å². The Balaban J connectivity index is 1.49. The van der Waals surface area contributed by atoms with Gasteiger partial charge in [0.2, 0.25) is 0 Å². The molecule has 2 heteroatoms. The van der Waals surface area contributed by atoms with Crippen LogP contribution in [0.5, 0.6) is 0 Å². The zero-order valence-electron chi connectivity index (χ0n) is 18.5. The summed E-state index contributed by atoms with van der Waals surface area (Å²) in [5, 5.41) is 0. The minimum atomic E-state index is 0.361. The minimum Gasteiger partial charge on any atom is -0.351 e. The number of hydrogen-bond acceptors (Lipinski definition) is 1. The third-order valence-corrected chi connectivity index (χ3v) is 8.70. The first-order valence-electron chi connectivity index (χ1n) is 11.1. The molecule has 0 fully saturated rings. The Morgan fingerprint density at radius 1 is 0.839 bits per heavy atom. The van der Waals surface area contributed by atoms with Crippen molar-refractivity contribution in [2.75, 3.05) is 7.05 Å². The summed E-state index contributed by atoms with van der Waals surface area (Å²) in [5.74, 6) is 0.774. The molecule has 0 amide bonds. The van der Waals surface area contributed by atoms with E-state index >= 15 is 0 Å². The summed E-state index contributed by atoms with van der Waals surface area (Å²) < 4.78 is 1.32. The molecule has 6 rings (SSSR count). The van der Waals surface area contributed by atoms with Crippen molar-refractivity contribution in [3.05, 3.63) is 116 Å². The maximum absolute atomic E-state index is 4.02. The Labute approximate surface area is 193 Å². The van der Waals surface area contributed by atoms with Crippen molar-refractivity contribution < 1.29 is 0 Å². The van der Waals surface area contributed by atoms with Crippen LogP contribution in [-0.4, -0.2) is 11.9 Å². The lowest BCUT2D eigenvalue weighted by Crippen LogP contribution is -2.17. The van der Waals surface area contributed by atoms with Gasteiger partial charge in [-0.25, -0.2) is 0 Å². The summed E-state index contributed by atoms with van der Waals surface area (Å²) in [5.41, 5.74) is 15.6. The van der Waals surface area contributed by atoms with E-state index in [1.807, 2.05) is 0 Å². The van der Waals surface area contributed by atoms with E-state index in [1.54, 1.807) is 0 Å². The second-order valence-electron chi connectivity index (χ2n) is 9.24. The van der Waals surface area contributed by atoms with E-state index < -0.39 is 0 Å². The summed E-state index contributed by atoms with van der Waals surface area (Å²) in [4.78, 5) is 2.37. The molecule has 0 spiro atoms. The third-order valence-electron chi connectivity index (χ3n) is 7.82. The molecule has 1 heterocycles. The van der Waals surface area contributed by atoms with Gasteiger partial charge in [0.15, 0.2) is 0 Å². The average molecular weight is 468 g/mol. The van der Waals surface area contributed by atoms with E-state index in [0.29, 0.717) is 11.8 Å². The summed E-state index contributed by atoms with van der Waals surface area (Å²) in [7, 11) is 2.20. The number of nitrogens with zero attached hydrogens (tertiary/aromatic N) is 1. The van der Waals surface area contributed by atoms with Crippen molar-refractivity contribution in [2.24, 2.45) is 5.92 Å². The summed E-state index contributed by atoms with van der Waals surface area (Å²) in [6, 6.07) is 17.9. The number of allylic oxidation sites excluding steroid dienone is 8. The molecule has 0 radical (unpaired) electrons. The standard InChI is InChI=1S/C29H26BrN/c1-16-13-26-25(15-27-28(29(26)30)17(2)18(3)31(27)4)23(16)14-24-21-11-7-5-9-19(21)20-10-6-8-12-22(20)24/h5-13,15,24,28H,14H2,1-4H3. The van der Waals surface area contributed by atoms with E-state index in [9.17, 15) is 0 Å². The van der Waals surface area contributed by atoms with Gasteiger partial charge in [-0.1, -0.05) is 70.5 Å². The van der Waals surface area contributed by atoms with Crippen LogP contribution in [0.25, 0.3) is 11.1 Å². The predicted octanol–water partition coefficient (Wildman–Crippen LogP) is 7.85. The van der Waals surface area contributed by atoms with Crippen LogP contribution in [0.4, 0.5) is 0 Å². The van der Waals surface area contributed by atoms with E-state index in [4.69, 9.17) is 0 Å². The van der Waals surface area contributed by atoms with Crippen LogP contribution in [0.1, 0.15) is 44.2 Å². The molecule has 154 valence electrons. The fourth-order valence-electron chi connectivity index (χ4n) is 5.96. The van der Waals surface area contributed by atoms with Gasteiger partial charge in [-0.2, -0.15) is 0 Å². The van der Waals surface area contributed by atoms with E-state index in [0.717, 1.165) is 6.42 Å². The van der Waals surface area contributed by atoms with Gasteiger partial charge in [0, 0.05) is 28.8 Å². The number of fused-ring (bicyclic) bond motifs is 5. The monoisotopic (exact) mass is 467 g/mol. The van der Waals surface area contributed by atoms with Crippen molar-refractivity contribution in [2.45, 2.75) is 33.1 Å². The van der Waals surface area contributed by atoms with Crippen LogP contribution in [-0.2, 0) is 0 Å². The highest BCUT2D eigenvalue weighted by atomic mass is 79.9. The lowest BCUT2D eigenvalue weighted by molar-refractivity contribution is 0.521. The summed E-state index contributed by atoms with van der Waals surface area (Å²) in [6.07, 6.45) is 5.90. The van der Waals surface area contributed by atoms with E-state index in [1.165, 1.54) is 66.0 Å². The van der Waals surface area contributed by atoms with Gasteiger partial charge in [0.25, 0.3) is 0 Å². The van der Waals surface area contributed by atoms with Crippen LogP contribution in [0.3, 0.4) is 0 Å². The fourth-order valence-corrected chi connectivity index (χ4v) is 6.87. The van der Waals surface area contributed by atoms with Crippen molar-refractivity contribution in [3.8, 4) is 11.1 Å². The SMILES string of the molecule is CC1=CC2=C(Br)C3C(=CC2=C1CC1c2ccccc2-c2ccccc21)N(C)C(C)=C3C. The molecule has 31 heavy (non-hydrogen) atoms. The number of hydrogen-bond donors (Lipinski definition) is 0. The smallest absolute Gasteiger partial charge is 0.0541 e. The minimum absolute atomic E-state index is 0.361. The lowest BCUT2D eigenvalue weighted by Gasteiger charge is -2.27. The van der Waals surface area contributed by atoms with Crippen LogP contribution in [0, 0.1) is 5.92 Å². The molecule has 0 saturated heterocycles. The lowest BCUT2D eigenvalue weighted by atomic mass is 9.84. The highest BCUT2D eigenvalue weighted by Gasteiger charge is 2.39. The quantitative estimate of drug-likeness (QED) is 0.434. The average Bonchev–Trinajstić information content (AvgIpc) is 3.35. The van der Waals surface area contributed by atoms with Gasteiger partial charge in [0.05, 0.1) is 5.92 Å². The molecule has 3 aliphatic carbocycles. The zero-order valence-corrected chi connectivity index (χ0v) is 20.0. The first-order valence-corrected chi connectivity index (χ1v) is 11.9. The van der Waals surface area contributed by atoms with E-state index in [-0.39, 0.29) is 0 Å². The Morgan fingerprint density at radius 2 is 1.45 bits per heavy atom. The third kappa shape index (κ3) is 2.55. The maximum atomic E-state index is 4.02. The Bertz CT molecular complexity index is 1270. The van der Waals surface area contributed by atoms with Crippen molar-refractivity contribution in [3.63, 3.8) is 0 Å². The maximum Gasteiger partial charge on any atom is 0.0541 e. The largest absolute Gasteiger partial charge is 0.351 e. The summed E-state index contributed by atoms with van der Waals surface area (Å²) >= 11 is 4.02. The van der Waals surface area contributed by atoms with Crippen molar-refractivity contribution in [1.82, 2.24) is 4.90 Å². The Kier molecular flexibility index (Phi) is 4.14. The molecule has 0 N–H and O–H groups in total. The van der Waals surface area contributed by atoms with E-state index in [2.05, 4.69) is 109 Å². The zero-order chi connectivity index (χ0) is 21.4. The first-order chi connectivity index (χ1) is 15.0. The van der Waals surface area contributed by atoms with Gasteiger partial charge in [0.1, 0.15) is 0 Å². The van der Waals surface area contributed by atoms with Crippen LogP contribution in [0.2, 0.25) is 0 Å². The molecule has 1 unspecified atom stereocenters. The highest BCUT2D eigenvalue weighted by Crippen LogP contribution is 2.54. The fraction of sp³-hybridized carbons (Fsp3) is 0.241. The Hall–Kier alpha value is -2.58. The summed E-state index contributed by atoms with van der Waals surface area (Å²) in [6.45, 7) is 6.79. The molecule has 1 aliphatic heterocycles. The highest BCUT2D eigenvalue weighted by molar-refractivity contribution is 9.11. The van der Waals surface area contributed by atoms with Crippen molar-refractivity contribution >= 4 is 15.9 Å². The molecule has 1 atom stereocenters. The molecule has 2 aromatic rings. The second kappa shape index (κ2) is 6.71. The van der Waals surface area contributed by atoms with Crippen LogP contribution >= 0.6 is 15.9 Å². The molecule has 4 aliphatic rings. The molecule has 0 bridgehead atoms. The predicted molar refractivity (Wildman–Crippen MR) is 133 cm³/mol. The number of halogens is 1. The van der Waals surface area contributed by atoms with Crippen molar-refractivity contribution in [1.29, 1.82) is 0 Å². The molecular weight excluding hydrogens is 442 g/mol. The molecular formula is C29H26BrN. The van der Waals surface area contributed by atoms with Gasteiger partial charge in [-0.15, -0.1) is 0 Å². The number of benzene rings is 2.